The number of nitrogens with zero attached hydrogens (tertiary/aromatic N) is 1. The number of para-hydroxylation sites is 1. The van der Waals surface area contributed by atoms with Crippen LogP contribution in [0.15, 0.2) is 58.2 Å². The standard InChI is InChI=1S/C16H16N4O3S/c1-17-24(22,23)12-6-4-5-11(9-12)10-18-16-19-14-8-3-2-7-13(14)15(21)20-16/h2-9,17H,10H2,1H3,(H2,18,19,20,21). The molecule has 0 bridgehead atoms. The van der Waals surface area contributed by atoms with Crippen LogP contribution in [0.25, 0.3) is 10.9 Å². The van der Waals surface area contributed by atoms with Gasteiger partial charge in [-0.3, -0.25) is 9.78 Å². The first-order valence-corrected chi connectivity index (χ1v) is 8.73. The van der Waals surface area contributed by atoms with Gasteiger partial charge in [0.1, 0.15) is 0 Å². The third kappa shape index (κ3) is 3.29. The Morgan fingerprint density at radius 2 is 1.92 bits per heavy atom. The van der Waals surface area contributed by atoms with E-state index in [0.717, 1.165) is 5.56 Å². The van der Waals surface area contributed by atoms with Crippen LogP contribution in [-0.4, -0.2) is 25.4 Å². The Kier molecular flexibility index (Phi) is 4.32. The Morgan fingerprint density at radius 3 is 2.71 bits per heavy atom. The van der Waals surface area contributed by atoms with Crippen molar-refractivity contribution < 1.29 is 8.42 Å². The molecule has 3 N–H and O–H groups in total. The number of aromatic nitrogens is 2. The summed E-state index contributed by atoms with van der Waals surface area (Å²) in [5.74, 6) is 0.334. The molecule has 3 rings (SSSR count). The zero-order chi connectivity index (χ0) is 17.2. The summed E-state index contributed by atoms with van der Waals surface area (Å²) in [6.45, 7) is 0.328. The maximum absolute atomic E-state index is 12.0. The fourth-order valence-electron chi connectivity index (χ4n) is 2.30. The Balaban J connectivity index is 1.84. The van der Waals surface area contributed by atoms with E-state index in [-0.39, 0.29) is 10.5 Å². The van der Waals surface area contributed by atoms with Crippen LogP contribution in [0.1, 0.15) is 5.56 Å². The molecule has 0 aliphatic carbocycles. The summed E-state index contributed by atoms with van der Waals surface area (Å²) in [5.41, 5.74) is 1.12. The molecular formula is C16H16N4O3S. The molecule has 3 aromatic rings. The summed E-state index contributed by atoms with van der Waals surface area (Å²) in [7, 11) is -2.13. The zero-order valence-corrected chi connectivity index (χ0v) is 13.7. The fourth-order valence-corrected chi connectivity index (χ4v) is 3.10. The minimum atomic E-state index is -3.49. The second kappa shape index (κ2) is 6.42. The monoisotopic (exact) mass is 344 g/mol. The average molecular weight is 344 g/mol. The zero-order valence-electron chi connectivity index (χ0n) is 12.9. The molecule has 7 nitrogen and oxygen atoms in total. The minimum absolute atomic E-state index is 0.185. The van der Waals surface area contributed by atoms with Crippen molar-refractivity contribution in [1.82, 2.24) is 14.7 Å². The molecule has 1 heterocycles. The van der Waals surface area contributed by atoms with E-state index in [2.05, 4.69) is 20.0 Å². The number of anilines is 1. The third-order valence-corrected chi connectivity index (χ3v) is 4.96. The normalized spacial score (nSPS) is 11.5. The van der Waals surface area contributed by atoms with Gasteiger partial charge in [0.2, 0.25) is 16.0 Å². The van der Waals surface area contributed by atoms with E-state index in [0.29, 0.717) is 23.4 Å². The molecule has 1 aromatic heterocycles. The summed E-state index contributed by atoms with van der Waals surface area (Å²) in [6.07, 6.45) is 0. The highest BCUT2D eigenvalue weighted by molar-refractivity contribution is 7.89. The topological polar surface area (TPSA) is 104 Å². The highest BCUT2D eigenvalue weighted by atomic mass is 32.2. The molecule has 8 heteroatoms. The van der Waals surface area contributed by atoms with Crippen molar-refractivity contribution in [3.05, 3.63) is 64.4 Å². The van der Waals surface area contributed by atoms with Crippen LogP contribution < -0.4 is 15.6 Å². The van der Waals surface area contributed by atoms with Crippen LogP contribution in [0.2, 0.25) is 0 Å². The largest absolute Gasteiger partial charge is 0.352 e. The van der Waals surface area contributed by atoms with Crippen molar-refractivity contribution in [2.24, 2.45) is 0 Å². The Hall–Kier alpha value is -2.71. The Bertz CT molecular complexity index is 1040. The SMILES string of the molecule is CNS(=O)(=O)c1cccc(CNc2nc3ccccc3c(=O)[nH]2)c1. The van der Waals surface area contributed by atoms with Gasteiger partial charge in [-0.15, -0.1) is 0 Å². The predicted molar refractivity (Wildman–Crippen MR) is 92.4 cm³/mol. The highest BCUT2D eigenvalue weighted by Gasteiger charge is 2.11. The number of aromatic amines is 1. The highest BCUT2D eigenvalue weighted by Crippen LogP contribution is 2.13. The Labute approximate surface area is 138 Å². The molecule has 0 unspecified atom stereocenters. The molecule has 0 amide bonds. The van der Waals surface area contributed by atoms with Crippen LogP contribution in [0.4, 0.5) is 5.95 Å². The van der Waals surface area contributed by atoms with Gasteiger partial charge in [0, 0.05) is 6.54 Å². The molecule has 0 saturated carbocycles. The molecule has 0 atom stereocenters. The van der Waals surface area contributed by atoms with E-state index in [1.165, 1.54) is 13.1 Å². The van der Waals surface area contributed by atoms with E-state index in [1.54, 1.807) is 36.4 Å². The lowest BCUT2D eigenvalue weighted by Crippen LogP contribution is -2.19. The number of nitrogens with one attached hydrogen (secondary N) is 3. The van der Waals surface area contributed by atoms with Crippen molar-refractivity contribution in [1.29, 1.82) is 0 Å². The van der Waals surface area contributed by atoms with Gasteiger partial charge in [-0.05, 0) is 36.9 Å². The number of rotatable bonds is 5. The van der Waals surface area contributed by atoms with Crippen LogP contribution in [0.5, 0.6) is 0 Å². The van der Waals surface area contributed by atoms with Crippen LogP contribution in [0.3, 0.4) is 0 Å². The molecule has 124 valence electrons. The summed E-state index contributed by atoms with van der Waals surface area (Å²) in [6, 6.07) is 13.6. The van der Waals surface area contributed by atoms with Crippen molar-refractivity contribution in [3.63, 3.8) is 0 Å². The maximum Gasteiger partial charge on any atom is 0.260 e. The summed E-state index contributed by atoms with van der Waals surface area (Å²) < 4.78 is 25.9. The van der Waals surface area contributed by atoms with E-state index in [9.17, 15) is 13.2 Å². The number of hydrogen-bond acceptors (Lipinski definition) is 5. The van der Waals surface area contributed by atoms with Gasteiger partial charge in [0.25, 0.3) is 5.56 Å². The average Bonchev–Trinajstić information content (AvgIpc) is 2.60. The fraction of sp³-hybridized carbons (Fsp3) is 0.125. The lowest BCUT2D eigenvalue weighted by molar-refractivity contribution is 0.588. The molecule has 0 aliphatic rings. The number of benzene rings is 2. The molecular weight excluding hydrogens is 328 g/mol. The number of H-pyrrole nitrogens is 1. The van der Waals surface area contributed by atoms with Gasteiger partial charge < -0.3 is 5.32 Å². The molecule has 2 aromatic carbocycles. The minimum Gasteiger partial charge on any atom is -0.352 e. The first kappa shape index (κ1) is 16.2. The quantitative estimate of drug-likeness (QED) is 0.650. The van der Waals surface area contributed by atoms with Crippen molar-refractivity contribution in [3.8, 4) is 0 Å². The van der Waals surface area contributed by atoms with E-state index in [4.69, 9.17) is 0 Å². The summed E-state index contributed by atoms with van der Waals surface area (Å²) in [5, 5.41) is 3.53. The van der Waals surface area contributed by atoms with Crippen LogP contribution >= 0.6 is 0 Å². The van der Waals surface area contributed by atoms with Crippen LogP contribution in [0, 0.1) is 0 Å². The van der Waals surface area contributed by atoms with Gasteiger partial charge in [-0.2, -0.15) is 0 Å². The third-order valence-electron chi connectivity index (χ3n) is 3.55. The van der Waals surface area contributed by atoms with Crippen molar-refractivity contribution in [2.75, 3.05) is 12.4 Å². The van der Waals surface area contributed by atoms with Gasteiger partial charge in [0.05, 0.1) is 15.8 Å². The molecule has 24 heavy (non-hydrogen) atoms. The van der Waals surface area contributed by atoms with Gasteiger partial charge in [-0.25, -0.2) is 18.1 Å². The molecule has 0 aliphatic heterocycles. The molecule has 0 radical (unpaired) electrons. The maximum atomic E-state index is 12.0. The van der Waals surface area contributed by atoms with E-state index in [1.807, 2.05) is 6.07 Å². The number of fused-ring (bicyclic) bond motifs is 1. The first-order valence-electron chi connectivity index (χ1n) is 7.25. The molecule has 0 spiro atoms. The van der Waals surface area contributed by atoms with Gasteiger partial charge in [-0.1, -0.05) is 24.3 Å². The van der Waals surface area contributed by atoms with Gasteiger partial charge >= 0.3 is 0 Å². The Morgan fingerprint density at radius 1 is 1.12 bits per heavy atom. The summed E-state index contributed by atoms with van der Waals surface area (Å²) >= 11 is 0. The van der Waals surface area contributed by atoms with Crippen molar-refractivity contribution in [2.45, 2.75) is 11.4 Å². The first-order chi connectivity index (χ1) is 11.5. The second-order valence-electron chi connectivity index (χ2n) is 5.14. The van der Waals surface area contributed by atoms with E-state index >= 15 is 0 Å². The van der Waals surface area contributed by atoms with Crippen LogP contribution in [-0.2, 0) is 16.6 Å². The lowest BCUT2D eigenvalue weighted by Gasteiger charge is -2.08. The second-order valence-corrected chi connectivity index (χ2v) is 7.03. The van der Waals surface area contributed by atoms with E-state index < -0.39 is 10.0 Å². The van der Waals surface area contributed by atoms with Gasteiger partial charge in [0.15, 0.2) is 0 Å². The summed E-state index contributed by atoms with van der Waals surface area (Å²) in [4.78, 5) is 19.2. The number of hydrogen-bond donors (Lipinski definition) is 3. The van der Waals surface area contributed by atoms with Crippen molar-refractivity contribution >= 4 is 26.9 Å². The molecule has 0 saturated heterocycles. The molecule has 0 fully saturated rings. The smallest absolute Gasteiger partial charge is 0.260 e. The number of sulfonamides is 1. The lowest BCUT2D eigenvalue weighted by atomic mass is 10.2. The predicted octanol–water partition coefficient (Wildman–Crippen LogP) is 1.44.